The molecule has 3 amide bonds. The van der Waals surface area contributed by atoms with Crippen LogP contribution in [0.5, 0.6) is 0 Å². The zero-order valence-electron chi connectivity index (χ0n) is 20.1. The van der Waals surface area contributed by atoms with Crippen LogP contribution in [0.2, 0.25) is 0 Å². The highest BCUT2D eigenvalue weighted by molar-refractivity contribution is 5.78. The molecule has 4 aliphatic carbocycles. The second kappa shape index (κ2) is 9.22. The van der Waals surface area contributed by atoms with E-state index in [-0.39, 0.29) is 36.2 Å². The van der Waals surface area contributed by atoms with Crippen LogP contribution in [-0.4, -0.2) is 54.1 Å². The average molecular weight is 448 g/mol. The molecule has 5 fully saturated rings. The van der Waals surface area contributed by atoms with Crippen molar-refractivity contribution < 1.29 is 19.1 Å². The second-order valence-electron chi connectivity index (χ2n) is 12.0. The zero-order valence-corrected chi connectivity index (χ0v) is 20.1. The molecule has 1 heterocycles. The van der Waals surface area contributed by atoms with E-state index in [1.807, 2.05) is 25.7 Å². The van der Waals surface area contributed by atoms with Gasteiger partial charge in [0.15, 0.2) is 0 Å². The summed E-state index contributed by atoms with van der Waals surface area (Å²) in [6.07, 6.45) is 10.1. The van der Waals surface area contributed by atoms with E-state index < -0.39 is 11.7 Å². The molecule has 32 heavy (non-hydrogen) atoms. The van der Waals surface area contributed by atoms with Crippen LogP contribution < -0.4 is 10.6 Å². The van der Waals surface area contributed by atoms with Crippen molar-refractivity contribution in [2.45, 2.75) is 96.6 Å². The Kier molecular flexibility index (Phi) is 6.73. The maximum Gasteiger partial charge on any atom is 0.407 e. The lowest BCUT2D eigenvalue weighted by molar-refractivity contribution is -0.132. The van der Waals surface area contributed by atoms with E-state index >= 15 is 0 Å². The van der Waals surface area contributed by atoms with Crippen molar-refractivity contribution >= 4 is 17.9 Å². The molecule has 0 unspecified atom stereocenters. The second-order valence-corrected chi connectivity index (χ2v) is 12.0. The molecule has 7 heteroatoms. The number of hydrogen-bond acceptors (Lipinski definition) is 4. The molecule has 5 rings (SSSR count). The third-order valence-corrected chi connectivity index (χ3v) is 7.92. The Morgan fingerprint density at radius 1 is 0.969 bits per heavy atom. The van der Waals surface area contributed by atoms with Crippen LogP contribution in [-0.2, 0) is 14.3 Å². The predicted octanol–water partition coefficient (Wildman–Crippen LogP) is 3.61. The summed E-state index contributed by atoms with van der Waals surface area (Å²) in [5.74, 6) is 2.87. The van der Waals surface area contributed by atoms with Crippen molar-refractivity contribution in [3.05, 3.63) is 0 Å². The van der Waals surface area contributed by atoms with Crippen LogP contribution in [0, 0.1) is 23.2 Å². The van der Waals surface area contributed by atoms with Gasteiger partial charge in [-0.2, -0.15) is 0 Å². The van der Waals surface area contributed by atoms with Gasteiger partial charge in [0.2, 0.25) is 11.8 Å². The molecule has 0 radical (unpaired) electrons. The van der Waals surface area contributed by atoms with Gasteiger partial charge >= 0.3 is 6.09 Å². The summed E-state index contributed by atoms with van der Waals surface area (Å²) < 4.78 is 5.19. The first kappa shape index (κ1) is 23.4. The summed E-state index contributed by atoms with van der Waals surface area (Å²) in [4.78, 5) is 38.9. The Morgan fingerprint density at radius 2 is 1.53 bits per heavy atom. The topological polar surface area (TPSA) is 87.7 Å². The lowest BCUT2D eigenvalue weighted by Crippen LogP contribution is -2.50. The molecule has 180 valence electrons. The molecule has 1 aliphatic heterocycles. The summed E-state index contributed by atoms with van der Waals surface area (Å²) in [6.45, 7) is 7.02. The van der Waals surface area contributed by atoms with Gasteiger partial charge in [-0.25, -0.2) is 4.79 Å². The molecule has 2 N–H and O–H groups in total. The molecule has 7 nitrogen and oxygen atoms in total. The highest BCUT2D eigenvalue weighted by Gasteiger charge is 2.51. The van der Waals surface area contributed by atoms with E-state index in [1.165, 1.54) is 38.5 Å². The number of piperidine rings is 1. The minimum Gasteiger partial charge on any atom is -0.444 e. The molecule has 0 aromatic heterocycles. The number of hydrogen-bond donors (Lipinski definition) is 2. The number of nitrogens with one attached hydrogen (secondary N) is 2. The number of likely N-dealkylation sites (tertiary alicyclic amines) is 1. The van der Waals surface area contributed by atoms with Crippen LogP contribution >= 0.6 is 0 Å². The van der Waals surface area contributed by atoms with Crippen molar-refractivity contribution in [2.75, 3.05) is 19.6 Å². The number of alkyl carbamates (subject to hydrolysis) is 1. The van der Waals surface area contributed by atoms with Gasteiger partial charge in [0, 0.05) is 38.5 Å². The van der Waals surface area contributed by atoms with Gasteiger partial charge in [-0.3, -0.25) is 9.59 Å². The Bertz CT molecular complexity index is 686. The third-order valence-electron chi connectivity index (χ3n) is 7.92. The first-order valence-electron chi connectivity index (χ1n) is 12.6. The Hall–Kier alpha value is -1.79. The normalized spacial score (nSPS) is 32.0. The summed E-state index contributed by atoms with van der Waals surface area (Å²) in [5.41, 5.74) is -0.271. The third kappa shape index (κ3) is 5.96. The fourth-order valence-electron chi connectivity index (χ4n) is 7.14. The van der Waals surface area contributed by atoms with Crippen LogP contribution in [0.3, 0.4) is 0 Å². The minimum atomic E-state index is -0.546. The van der Waals surface area contributed by atoms with Crippen molar-refractivity contribution in [3.8, 4) is 0 Å². The lowest BCUT2D eigenvalue weighted by atomic mass is 9.49. The number of amides is 3. The first-order valence-corrected chi connectivity index (χ1v) is 12.6. The van der Waals surface area contributed by atoms with E-state index in [0.717, 1.165) is 30.6 Å². The van der Waals surface area contributed by atoms with E-state index in [2.05, 4.69) is 10.6 Å². The average Bonchev–Trinajstić information content (AvgIpc) is 2.65. The number of carbonyl (C=O) groups is 3. The zero-order chi connectivity index (χ0) is 22.9. The van der Waals surface area contributed by atoms with Crippen molar-refractivity contribution in [1.29, 1.82) is 0 Å². The highest BCUT2D eigenvalue weighted by Crippen LogP contribution is 2.61. The smallest absolute Gasteiger partial charge is 0.407 e. The molecule has 4 bridgehead atoms. The van der Waals surface area contributed by atoms with Crippen LogP contribution in [0.4, 0.5) is 4.79 Å². The van der Waals surface area contributed by atoms with Crippen molar-refractivity contribution in [3.63, 3.8) is 0 Å². The maximum atomic E-state index is 12.9. The van der Waals surface area contributed by atoms with E-state index in [1.54, 1.807) is 0 Å². The SMILES string of the molecule is CC(C)(C)OC(=O)NCCC(=O)N1CCC(NC(=O)CC23CC4CC(CC(C4)C2)C3)CC1. The largest absolute Gasteiger partial charge is 0.444 e. The Balaban J connectivity index is 1.14. The summed E-state index contributed by atoms with van der Waals surface area (Å²) in [7, 11) is 0. The quantitative estimate of drug-likeness (QED) is 0.651. The number of nitrogens with zero attached hydrogens (tertiary/aromatic N) is 1. The number of ether oxygens (including phenoxy) is 1. The summed E-state index contributed by atoms with van der Waals surface area (Å²) >= 11 is 0. The number of rotatable bonds is 6. The van der Waals surface area contributed by atoms with Gasteiger partial charge in [0.25, 0.3) is 0 Å². The fraction of sp³-hybridized carbons (Fsp3) is 0.880. The van der Waals surface area contributed by atoms with Gasteiger partial charge in [-0.05, 0) is 95.3 Å². The highest BCUT2D eigenvalue weighted by atomic mass is 16.6. The number of carbonyl (C=O) groups excluding carboxylic acids is 3. The van der Waals surface area contributed by atoms with E-state index in [4.69, 9.17) is 4.74 Å². The molecule has 5 aliphatic rings. The van der Waals surface area contributed by atoms with Gasteiger partial charge < -0.3 is 20.3 Å². The van der Waals surface area contributed by atoms with Gasteiger partial charge in [-0.1, -0.05) is 0 Å². The summed E-state index contributed by atoms with van der Waals surface area (Å²) in [6, 6.07) is 0.167. The van der Waals surface area contributed by atoms with E-state index in [0.29, 0.717) is 19.5 Å². The minimum absolute atomic E-state index is 0.0411. The first-order chi connectivity index (χ1) is 15.1. The standard InChI is InChI=1S/C25H41N3O4/c1-24(2,3)32-23(31)26-7-4-22(30)28-8-5-20(6-9-28)27-21(29)16-25-13-17-10-18(14-25)12-19(11-17)15-25/h17-20H,4-16H2,1-3H3,(H,26,31)(H,27,29). The maximum absolute atomic E-state index is 12.9. The monoisotopic (exact) mass is 447 g/mol. The van der Waals surface area contributed by atoms with E-state index in [9.17, 15) is 14.4 Å². The molecule has 0 spiro atoms. The molecule has 4 saturated carbocycles. The predicted molar refractivity (Wildman–Crippen MR) is 122 cm³/mol. The Labute approximate surface area is 192 Å². The Morgan fingerprint density at radius 3 is 2.06 bits per heavy atom. The molecule has 0 atom stereocenters. The lowest BCUT2D eigenvalue weighted by Gasteiger charge is -2.56. The molecular weight excluding hydrogens is 406 g/mol. The fourth-order valence-corrected chi connectivity index (χ4v) is 7.14. The molecule has 0 aromatic carbocycles. The van der Waals surface area contributed by atoms with Gasteiger partial charge in [0.1, 0.15) is 5.60 Å². The molecule has 1 saturated heterocycles. The van der Waals surface area contributed by atoms with Crippen LogP contribution in [0.1, 0.15) is 85.0 Å². The van der Waals surface area contributed by atoms with Crippen molar-refractivity contribution in [1.82, 2.24) is 15.5 Å². The van der Waals surface area contributed by atoms with Gasteiger partial charge in [0.05, 0.1) is 0 Å². The van der Waals surface area contributed by atoms with Gasteiger partial charge in [-0.15, -0.1) is 0 Å². The molecule has 0 aromatic rings. The van der Waals surface area contributed by atoms with Crippen molar-refractivity contribution in [2.24, 2.45) is 23.2 Å². The van der Waals surface area contributed by atoms with Crippen LogP contribution in [0.25, 0.3) is 0 Å². The molecular formula is C25H41N3O4. The van der Waals surface area contributed by atoms with Crippen LogP contribution in [0.15, 0.2) is 0 Å². The summed E-state index contributed by atoms with van der Waals surface area (Å²) in [5, 5.41) is 5.92.